The second-order valence-corrected chi connectivity index (χ2v) is 2.87. The summed E-state index contributed by atoms with van der Waals surface area (Å²) in [7, 11) is 0. The minimum atomic E-state index is -4.56. The highest BCUT2D eigenvalue weighted by atomic mass is 19.4. The van der Waals surface area contributed by atoms with Gasteiger partial charge in [0.15, 0.2) is 5.69 Å². The van der Waals surface area contributed by atoms with Crippen molar-refractivity contribution in [2.75, 3.05) is 12.3 Å². The molecule has 0 aromatic carbocycles. The summed E-state index contributed by atoms with van der Waals surface area (Å²) in [4.78, 5) is 6.60. The highest BCUT2D eigenvalue weighted by Crippen LogP contribution is 2.29. The van der Waals surface area contributed by atoms with E-state index in [9.17, 15) is 13.2 Å². The van der Waals surface area contributed by atoms with Crippen LogP contribution in [-0.2, 0) is 6.18 Å². The maximum Gasteiger partial charge on any atom is 0.433 e. The molecule has 0 radical (unpaired) electrons. The van der Waals surface area contributed by atoms with E-state index in [1.54, 1.807) is 6.08 Å². The summed E-state index contributed by atoms with van der Waals surface area (Å²) in [5.74, 6) is -0.662. The maximum atomic E-state index is 12.3. The number of nitrogens with two attached hydrogens (primary N) is 1. The molecule has 0 fully saturated rings. The van der Waals surface area contributed by atoms with Crippen LogP contribution in [0.3, 0.4) is 0 Å². The number of rotatable bonds is 4. The summed E-state index contributed by atoms with van der Waals surface area (Å²) in [6, 6.07) is 0.708. The van der Waals surface area contributed by atoms with Crippen LogP contribution in [0.2, 0.25) is 0 Å². The van der Waals surface area contributed by atoms with Gasteiger partial charge in [-0.05, 0) is 6.42 Å². The molecule has 1 aromatic rings. The highest BCUT2D eigenvalue weighted by molar-refractivity contribution is 5.27. The Morgan fingerprint density at radius 1 is 1.44 bits per heavy atom. The molecular weight excluding hydrogens is 223 g/mol. The fraction of sp³-hybridized carbons (Fsp3) is 0.333. The Morgan fingerprint density at radius 3 is 2.69 bits per heavy atom. The number of halogens is 3. The monoisotopic (exact) mass is 233 g/mol. The molecule has 1 heterocycles. The van der Waals surface area contributed by atoms with Crippen molar-refractivity contribution in [3.05, 3.63) is 24.4 Å². The number of anilines is 1. The minimum Gasteiger partial charge on any atom is -0.477 e. The third-order valence-corrected chi connectivity index (χ3v) is 1.58. The number of aromatic nitrogens is 2. The van der Waals surface area contributed by atoms with Crippen molar-refractivity contribution in [3.63, 3.8) is 0 Å². The van der Waals surface area contributed by atoms with Crippen molar-refractivity contribution in [1.82, 2.24) is 9.97 Å². The molecule has 0 unspecified atom stereocenters. The zero-order valence-corrected chi connectivity index (χ0v) is 8.29. The average molecular weight is 233 g/mol. The number of hydrogen-bond acceptors (Lipinski definition) is 4. The molecule has 0 atom stereocenters. The van der Waals surface area contributed by atoms with Gasteiger partial charge in [-0.15, -0.1) is 6.58 Å². The largest absolute Gasteiger partial charge is 0.477 e. The third-order valence-electron chi connectivity index (χ3n) is 1.58. The predicted molar refractivity (Wildman–Crippen MR) is 51.8 cm³/mol. The Bertz CT molecular complexity index is 379. The van der Waals surface area contributed by atoms with Crippen LogP contribution < -0.4 is 10.5 Å². The summed E-state index contributed by atoms with van der Waals surface area (Å²) < 4.78 is 41.9. The third kappa shape index (κ3) is 3.41. The predicted octanol–water partition coefficient (Wildman–Crippen LogP) is 2.03. The van der Waals surface area contributed by atoms with E-state index in [0.29, 0.717) is 12.5 Å². The van der Waals surface area contributed by atoms with E-state index in [-0.39, 0.29) is 12.5 Å². The number of alkyl halides is 3. The van der Waals surface area contributed by atoms with Crippen molar-refractivity contribution in [2.45, 2.75) is 12.6 Å². The van der Waals surface area contributed by atoms with E-state index in [1.807, 2.05) is 0 Å². The van der Waals surface area contributed by atoms with Crippen LogP contribution in [0.4, 0.5) is 19.1 Å². The Kier molecular flexibility index (Phi) is 3.70. The average Bonchev–Trinajstić information content (AvgIpc) is 2.16. The van der Waals surface area contributed by atoms with Crippen LogP contribution in [0.15, 0.2) is 18.7 Å². The molecule has 0 saturated carbocycles. The van der Waals surface area contributed by atoms with Crippen LogP contribution >= 0.6 is 0 Å². The van der Waals surface area contributed by atoms with E-state index >= 15 is 0 Å². The normalized spacial score (nSPS) is 11.2. The first-order valence-corrected chi connectivity index (χ1v) is 4.39. The summed E-state index contributed by atoms with van der Waals surface area (Å²) in [6.45, 7) is 3.64. The van der Waals surface area contributed by atoms with Gasteiger partial charge in [0.25, 0.3) is 0 Å². The van der Waals surface area contributed by atoms with Gasteiger partial charge in [-0.3, -0.25) is 0 Å². The lowest BCUT2D eigenvalue weighted by molar-refractivity contribution is -0.141. The van der Waals surface area contributed by atoms with Gasteiger partial charge in [0, 0.05) is 6.07 Å². The molecule has 1 aromatic heterocycles. The molecule has 16 heavy (non-hydrogen) atoms. The lowest BCUT2D eigenvalue weighted by Crippen LogP contribution is -2.12. The molecule has 7 heteroatoms. The van der Waals surface area contributed by atoms with Crippen LogP contribution in [-0.4, -0.2) is 16.6 Å². The zero-order valence-electron chi connectivity index (χ0n) is 8.29. The highest BCUT2D eigenvalue weighted by Gasteiger charge is 2.33. The molecule has 0 aliphatic heterocycles. The van der Waals surface area contributed by atoms with Gasteiger partial charge in [-0.2, -0.15) is 18.2 Å². The topological polar surface area (TPSA) is 61.0 Å². The fourth-order valence-electron chi connectivity index (χ4n) is 0.909. The van der Waals surface area contributed by atoms with Gasteiger partial charge in [0.2, 0.25) is 11.8 Å². The van der Waals surface area contributed by atoms with Crippen molar-refractivity contribution in [3.8, 4) is 5.88 Å². The molecule has 0 bridgehead atoms. The zero-order chi connectivity index (χ0) is 12.2. The Morgan fingerprint density at radius 2 is 2.12 bits per heavy atom. The summed E-state index contributed by atoms with van der Waals surface area (Å²) in [6.07, 6.45) is -2.48. The molecular formula is C9H10F3N3O. The van der Waals surface area contributed by atoms with E-state index in [4.69, 9.17) is 10.5 Å². The van der Waals surface area contributed by atoms with Gasteiger partial charge < -0.3 is 10.5 Å². The molecule has 0 aliphatic carbocycles. The van der Waals surface area contributed by atoms with Crippen LogP contribution in [0.25, 0.3) is 0 Å². The van der Waals surface area contributed by atoms with Crippen molar-refractivity contribution < 1.29 is 17.9 Å². The first-order chi connectivity index (χ1) is 7.43. The molecule has 0 amide bonds. The van der Waals surface area contributed by atoms with Gasteiger partial charge in [0.1, 0.15) is 0 Å². The standard InChI is InChI=1S/C9H10F3N3O/c1-2-3-4-16-7-5-6(9(10,11)12)14-8(13)15-7/h2,5H,1,3-4H2,(H2,13,14,15). The van der Waals surface area contributed by atoms with Gasteiger partial charge in [-0.25, -0.2) is 4.98 Å². The Hall–Kier alpha value is -1.79. The van der Waals surface area contributed by atoms with Gasteiger partial charge in [-0.1, -0.05) is 6.08 Å². The lowest BCUT2D eigenvalue weighted by Gasteiger charge is -2.09. The van der Waals surface area contributed by atoms with E-state index in [2.05, 4.69) is 16.5 Å². The fourth-order valence-corrected chi connectivity index (χ4v) is 0.909. The smallest absolute Gasteiger partial charge is 0.433 e. The summed E-state index contributed by atoms with van der Waals surface area (Å²) >= 11 is 0. The second kappa shape index (κ2) is 4.82. The molecule has 0 spiro atoms. The van der Waals surface area contributed by atoms with Crippen LogP contribution in [0.5, 0.6) is 5.88 Å². The second-order valence-electron chi connectivity index (χ2n) is 2.87. The quantitative estimate of drug-likeness (QED) is 0.638. The summed E-state index contributed by atoms with van der Waals surface area (Å²) in [5.41, 5.74) is 4.02. The van der Waals surface area contributed by atoms with Crippen LogP contribution in [0, 0.1) is 0 Å². The van der Waals surface area contributed by atoms with Crippen LogP contribution in [0.1, 0.15) is 12.1 Å². The molecule has 4 nitrogen and oxygen atoms in total. The maximum absolute atomic E-state index is 12.3. The summed E-state index contributed by atoms with van der Waals surface area (Å²) in [5, 5.41) is 0. The minimum absolute atomic E-state index is 0.192. The Balaban J connectivity index is 2.86. The number of nitrogens with zero attached hydrogens (tertiary/aromatic N) is 2. The molecule has 2 N–H and O–H groups in total. The SMILES string of the molecule is C=CCCOc1cc(C(F)(F)F)nc(N)n1. The Labute approximate surface area is 90.0 Å². The van der Waals surface area contributed by atoms with E-state index in [1.165, 1.54) is 0 Å². The number of nitrogen functional groups attached to an aromatic ring is 1. The molecule has 0 saturated heterocycles. The molecule has 88 valence electrons. The number of ether oxygens (including phenoxy) is 1. The van der Waals surface area contributed by atoms with Crippen molar-refractivity contribution in [1.29, 1.82) is 0 Å². The van der Waals surface area contributed by atoms with Crippen molar-refractivity contribution >= 4 is 5.95 Å². The number of hydrogen-bond donors (Lipinski definition) is 1. The molecule has 1 rings (SSSR count). The first kappa shape index (κ1) is 12.3. The van der Waals surface area contributed by atoms with Gasteiger partial charge in [0.05, 0.1) is 6.61 Å². The van der Waals surface area contributed by atoms with Crippen molar-refractivity contribution in [2.24, 2.45) is 0 Å². The van der Waals surface area contributed by atoms with E-state index < -0.39 is 17.8 Å². The van der Waals surface area contributed by atoms with E-state index in [0.717, 1.165) is 0 Å². The molecule has 0 aliphatic rings. The lowest BCUT2D eigenvalue weighted by atomic mass is 10.4. The van der Waals surface area contributed by atoms with Gasteiger partial charge >= 0.3 is 6.18 Å². The first-order valence-electron chi connectivity index (χ1n) is 4.39.